The average Bonchev–Trinajstić information content (AvgIpc) is 2.61. The summed E-state index contributed by atoms with van der Waals surface area (Å²) in [6.07, 6.45) is 2.47. The van der Waals surface area contributed by atoms with Gasteiger partial charge < -0.3 is 10.4 Å². The largest absolute Gasteiger partial charge is 0.480 e. The van der Waals surface area contributed by atoms with Gasteiger partial charge in [0, 0.05) is 0 Å². The summed E-state index contributed by atoms with van der Waals surface area (Å²) in [5.41, 5.74) is 0.0278. The third kappa shape index (κ3) is 4.36. The van der Waals surface area contributed by atoms with Gasteiger partial charge in [-0.15, -0.1) is 5.10 Å². The maximum atomic E-state index is 12.7. The zero-order valence-corrected chi connectivity index (χ0v) is 14.8. The molecule has 25 heavy (non-hydrogen) atoms. The van der Waals surface area contributed by atoms with Gasteiger partial charge in [-0.2, -0.15) is 16.4 Å². The fourth-order valence-corrected chi connectivity index (χ4v) is 2.87. The molecule has 0 bridgehead atoms. The maximum absolute atomic E-state index is 12.7. The minimum Gasteiger partial charge on any atom is -0.480 e. The van der Waals surface area contributed by atoms with Crippen LogP contribution < -0.4 is 10.9 Å². The molecule has 2 aromatic rings. The zero-order chi connectivity index (χ0) is 18.4. The van der Waals surface area contributed by atoms with Crippen LogP contribution in [-0.2, 0) is 9.59 Å². The van der Waals surface area contributed by atoms with Crippen molar-refractivity contribution in [2.75, 3.05) is 12.0 Å². The number of rotatable bonds is 8. The van der Waals surface area contributed by atoms with E-state index in [0.29, 0.717) is 23.1 Å². The number of aliphatic carboxylic acids is 1. The van der Waals surface area contributed by atoms with E-state index in [9.17, 15) is 14.4 Å². The number of benzene rings is 1. The lowest BCUT2D eigenvalue weighted by Gasteiger charge is -2.20. The van der Waals surface area contributed by atoms with Crippen molar-refractivity contribution in [3.63, 3.8) is 0 Å². The fourth-order valence-electron chi connectivity index (χ4n) is 2.41. The van der Waals surface area contributed by atoms with Crippen molar-refractivity contribution >= 4 is 34.5 Å². The van der Waals surface area contributed by atoms with Crippen LogP contribution in [0.25, 0.3) is 10.9 Å². The van der Waals surface area contributed by atoms with Crippen LogP contribution in [0.5, 0.6) is 0 Å². The normalized spacial score (nSPS) is 13.4. The first kappa shape index (κ1) is 18.9. The highest BCUT2D eigenvalue weighted by molar-refractivity contribution is 7.98. The molecule has 2 atom stereocenters. The molecule has 8 nitrogen and oxygen atoms in total. The first-order chi connectivity index (χ1) is 12.0. The molecule has 0 aliphatic heterocycles. The Morgan fingerprint density at radius 3 is 2.72 bits per heavy atom. The summed E-state index contributed by atoms with van der Waals surface area (Å²) in [4.78, 5) is 36.5. The van der Waals surface area contributed by atoms with Gasteiger partial charge in [-0.05, 0) is 37.0 Å². The molecular formula is C16H20N4O4S. The summed E-state index contributed by atoms with van der Waals surface area (Å²) in [7, 11) is 0. The number of hydrogen-bond acceptors (Lipinski definition) is 6. The van der Waals surface area contributed by atoms with E-state index in [1.807, 2.05) is 6.26 Å². The molecule has 0 radical (unpaired) electrons. The Bertz CT molecular complexity index is 823. The summed E-state index contributed by atoms with van der Waals surface area (Å²) >= 11 is 1.52. The molecule has 0 aliphatic carbocycles. The number of carbonyl (C=O) groups is 2. The third-order valence-electron chi connectivity index (χ3n) is 3.81. The number of carboxylic acid groups (broad SMARTS) is 1. The van der Waals surface area contributed by atoms with Gasteiger partial charge in [-0.3, -0.25) is 9.59 Å². The molecule has 2 N–H and O–H groups in total. The van der Waals surface area contributed by atoms with Crippen molar-refractivity contribution in [2.45, 2.75) is 31.8 Å². The van der Waals surface area contributed by atoms with Gasteiger partial charge in [0.25, 0.3) is 5.56 Å². The number of amides is 1. The number of carboxylic acids is 1. The predicted octanol–water partition coefficient (Wildman–Crippen LogP) is 1.07. The Morgan fingerprint density at radius 1 is 1.36 bits per heavy atom. The quantitative estimate of drug-likeness (QED) is 0.720. The van der Waals surface area contributed by atoms with E-state index in [4.69, 9.17) is 5.11 Å². The highest BCUT2D eigenvalue weighted by Crippen LogP contribution is 2.14. The average molecular weight is 364 g/mol. The second-order valence-corrected chi connectivity index (χ2v) is 6.45. The summed E-state index contributed by atoms with van der Waals surface area (Å²) in [5, 5.41) is 19.9. The molecule has 0 spiro atoms. The minimum atomic E-state index is -1.11. The van der Waals surface area contributed by atoms with E-state index in [0.717, 1.165) is 4.68 Å². The lowest BCUT2D eigenvalue weighted by Crippen LogP contribution is -2.46. The van der Waals surface area contributed by atoms with E-state index < -0.39 is 29.5 Å². The summed E-state index contributed by atoms with van der Waals surface area (Å²) in [5.74, 6) is -1.05. The topological polar surface area (TPSA) is 114 Å². The molecule has 1 amide bonds. The predicted molar refractivity (Wildman–Crippen MR) is 95.7 cm³/mol. The smallest absolute Gasteiger partial charge is 0.326 e. The van der Waals surface area contributed by atoms with Crippen molar-refractivity contribution in [1.82, 2.24) is 20.3 Å². The highest BCUT2D eigenvalue weighted by atomic mass is 32.2. The molecule has 2 rings (SSSR count). The van der Waals surface area contributed by atoms with Crippen LogP contribution in [0, 0.1) is 0 Å². The van der Waals surface area contributed by atoms with Crippen LogP contribution in [0.15, 0.2) is 29.1 Å². The Morgan fingerprint density at radius 2 is 2.08 bits per heavy atom. The number of fused-ring (bicyclic) bond motifs is 1. The molecule has 134 valence electrons. The van der Waals surface area contributed by atoms with E-state index in [1.165, 1.54) is 11.8 Å². The molecular weight excluding hydrogens is 344 g/mol. The van der Waals surface area contributed by atoms with E-state index >= 15 is 0 Å². The number of nitrogens with zero attached hydrogens (tertiary/aromatic N) is 3. The van der Waals surface area contributed by atoms with Crippen LogP contribution in [0.1, 0.15) is 25.8 Å². The van der Waals surface area contributed by atoms with E-state index in [1.54, 1.807) is 31.2 Å². The van der Waals surface area contributed by atoms with Crippen LogP contribution in [-0.4, -0.2) is 50.0 Å². The van der Waals surface area contributed by atoms with Crippen molar-refractivity contribution in [1.29, 1.82) is 0 Å². The summed E-state index contributed by atoms with van der Waals surface area (Å²) in [6, 6.07) is 4.83. The molecule has 0 fully saturated rings. The van der Waals surface area contributed by atoms with E-state index in [-0.39, 0.29) is 6.42 Å². The monoisotopic (exact) mass is 364 g/mol. The van der Waals surface area contributed by atoms with Gasteiger partial charge in [-0.1, -0.05) is 24.3 Å². The van der Waals surface area contributed by atoms with Crippen molar-refractivity contribution in [3.05, 3.63) is 34.6 Å². The van der Waals surface area contributed by atoms with Gasteiger partial charge in [-0.25, -0.2) is 4.79 Å². The number of aromatic nitrogens is 3. The Labute approximate surface area is 148 Å². The minimum absolute atomic E-state index is 0.245. The first-order valence-electron chi connectivity index (χ1n) is 7.86. The van der Waals surface area contributed by atoms with Gasteiger partial charge >= 0.3 is 5.97 Å². The molecule has 2 unspecified atom stereocenters. The van der Waals surface area contributed by atoms with Gasteiger partial charge in [0.1, 0.15) is 17.6 Å². The highest BCUT2D eigenvalue weighted by Gasteiger charge is 2.27. The maximum Gasteiger partial charge on any atom is 0.326 e. The zero-order valence-electron chi connectivity index (χ0n) is 14.0. The van der Waals surface area contributed by atoms with Gasteiger partial charge in [0.2, 0.25) is 5.91 Å². The second kappa shape index (κ2) is 8.61. The lowest BCUT2D eigenvalue weighted by molar-refractivity contribution is -0.142. The molecule has 1 heterocycles. The van der Waals surface area contributed by atoms with Crippen molar-refractivity contribution < 1.29 is 14.7 Å². The Balaban J connectivity index is 2.40. The van der Waals surface area contributed by atoms with E-state index in [2.05, 4.69) is 15.6 Å². The van der Waals surface area contributed by atoms with Gasteiger partial charge in [0.15, 0.2) is 0 Å². The standard InChI is InChI=1S/C16H20N4O4S/c1-3-11(16(23)24)17-14(21)13(8-9-25-2)20-15(22)10-6-4-5-7-12(10)18-19-20/h4-7,11,13H,3,8-9H2,1-2H3,(H,17,21)(H,23,24). The number of nitrogens with one attached hydrogen (secondary N) is 1. The number of thioether (sulfide) groups is 1. The van der Waals surface area contributed by atoms with Crippen molar-refractivity contribution in [3.8, 4) is 0 Å². The molecule has 1 aromatic carbocycles. The van der Waals surface area contributed by atoms with Crippen LogP contribution in [0.3, 0.4) is 0 Å². The van der Waals surface area contributed by atoms with Crippen LogP contribution >= 0.6 is 11.8 Å². The van der Waals surface area contributed by atoms with Gasteiger partial charge in [0.05, 0.1) is 5.39 Å². The molecule has 0 aliphatic rings. The molecule has 0 saturated heterocycles. The summed E-state index contributed by atoms with van der Waals surface area (Å²) in [6.45, 7) is 1.66. The molecule has 1 aromatic heterocycles. The number of hydrogen-bond donors (Lipinski definition) is 2. The molecule has 9 heteroatoms. The van der Waals surface area contributed by atoms with Crippen molar-refractivity contribution in [2.24, 2.45) is 0 Å². The number of carbonyl (C=O) groups excluding carboxylic acids is 1. The van der Waals surface area contributed by atoms with Crippen LogP contribution in [0.4, 0.5) is 0 Å². The lowest BCUT2D eigenvalue weighted by atomic mass is 10.1. The Hall–Kier alpha value is -2.42. The summed E-state index contributed by atoms with van der Waals surface area (Å²) < 4.78 is 1.04. The SMILES string of the molecule is CCC(NC(=O)C(CCSC)n1nnc2ccccc2c1=O)C(=O)O. The fraction of sp³-hybridized carbons (Fsp3) is 0.438. The molecule has 0 saturated carbocycles. The Kier molecular flexibility index (Phi) is 6.51. The third-order valence-corrected chi connectivity index (χ3v) is 4.45. The second-order valence-electron chi connectivity index (χ2n) is 5.46. The first-order valence-corrected chi connectivity index (χ1v) is 9.25. The van der Waals surface area contributed by atoms with Crippen LogP contribution in [0.2, 0.25) is 0 Å².